The van der Waals surface area contributed by atoms with Crippen molar-refractivity contribution in [2.45, 2.75) is 6.92 Å². The van der Waals surface area contributed by atoms with E-state index >= 15 is 0 Å². The molecule has 0 fully saturated rings. The predicted octanol–water partition coefficient (Wildman–Crippen LogP) is 14.7. The first-order valence-electron chi connectivity index (χ1n) is 18.8. The minimum atomic E-state index is 0.943. The summed E-state index contributed by atoms with van der Waals surface area (Å²) in [6.07, 6.45) is 0. The van der Waals surface area contributed by atoms with E-state index in [2.05, 4.69) is 200 Å². The number of hydrogen-bond donors (Lipinski definition) is 0. The number of fused-ring (bicyclic) bond motifs is 9. The van der Waals surface area contributed by atoms with Crippen LogP contribution < -0.4 is 0 Å². The molecule has 258 valence electrons. The number of benzene rings is 9. The molecular formula is C52H34N2S. The minimum Gasteiger partial charge on any atom is -0.291 e. The van der Waals surface area contributed by atoms with Crippen molar-refractivity contribution in [3.05, 3.63) is 194 Å². The molecule has 0 N–H and O–H groups in total. The number of rotatable bonds is 5. The quantitative estimate of drug-likeness (QED) is 0.162. The molecule has 0 aliphatic carbocycles. The summed E-state index contributed by atoms with van der Waals surface area (Å²) >= 11 is 1.87. The molecule has 11 aromatic rings. The number of hydrogen-bond acceptors (Lipinski definition) is 2. The van der Waals surface area contributed by atoms with Gasteiger partial charge in [-0.15, -0.1) is 11.3 Å². The van der Waals surface area contributed by atoms with E-state index in [1.54, 1.807) is 0 Å². The van der Waals surface area contributed by atoms with Gasteiger partial charge in [-0.05, 0) is 69.3 Å². The fourth-order valence-electron chi connectivity index (χ4n) is 8.54. The molecule has 0 aliphatic heterocycles. The lowest BCUT2D eigenvalue weighted by atomic mass is 9.96. The SMILES string of the molecule is Cc1ccc(-c2nc3c4ccccc4c4ccccc4c3n2-c2cc(-c3ccccc3)ccc2-c2ccccc2)c2sc3cc(-c4ccccc4)ccc3c12. The van der Waals surface area contributed by atoms with Crippen molar-refractivity contribution in [1.29, 1.82) is 0 Å². The zero-order valence-electron chi connectivity index (χ0n) is 30.2. The largest absolute Gasteiger partial charge is 0.291 e. The fourth-order valence-corrected chi connectivity index (χ4v) is 9.87. The van der Waals surface area contributed by atoms with Crippen molar-refractivity contribution in [1.82, 2.24) is 9.55 Å². The molecule has 0 spiro atoms. The van der Waals surface area contributed by atoms with Gasteiger partial charge in [0.1, 0.15) is 5.82 Å². The number of aromatic nitrogens is 2. The maximum absolute atomic E-state index is 5.76. The van der Waals surface area contributed by atoms with Gasteiger partial charge in [0.2, 0.25) is 0 Å². The fraction of sp³-hybridized carbons (Fsp3) is 0.0192. The van der Waals surface area contributed by atoms with Crippen LogP contribution >= 0.6 is 11.3 Å². The van der Waals surface area contributed by atoms with Crippen LogP contribution in [0.1, 0.15) is 5.56 Å². The summed E-state index contributed by atoms with van der Waals surface area (Å²) in [5.41, 5.74) is 12.8. The third-order valence-electron chi connectivity index (χ3n) is 11.1. The Morgan fingerprint density at radius 3 is 1.67 bits per heavy atom. The van der Waals surface area contributed by atoms with Crippen LogP contribution in [0.4, 0.5) is 0 Å². The molecule has 3 heteroatoms. The first kappa shape index (κ1) is 31.7. The van der Waals surface area contributed by atoms with Crippen LogP contribution in [0.25, 0.3) is 103 Å². The number of aryl methyl sites for hydroxylation is 1. The Balaban J connectivity index is 1.30. The van der Waals surface area contributed by atoms with E-state index in [9.17, 15) is 0 Å². The second-order valence-electron chi connectivity index (χ2n) is 14.3. The van der Waals surface area contributed by atoms with E-state index in [-0.39, 0.29) is 0 Å². The van der Waals surface area contributed by atoms with Crippen LogP contribution in [0.5, 0.6) is 0 Å². The Bertz CT molecular complexity index is 3250. The van der Waals surface area contributed by atoms with Crippen LogP contribution in [0.15, 0.2) is 188 Å². The van der Waals surface area contributed by atoms with Crippen LogP contribution in [0.3, 0.4) is 0 Å². The van der Waals surface area contributed by atoms with E-state index in [1.807, 2.05) is 11.3 Å². The van der Waals surface area contributed by atoms with E-state index in [1.165, 1.54) is 64.1 Å². The Morgan fingerprint density at radius 2 is 0.982 bits per heavy atom. The molecule has 55 heavy (non-hydrogen) atoms. The van der Waals surface area contributed by atoms with Gasteiger partial charge in [0.05, 0.1) is 16.7 Å². The maximum Gasteiger partial charge on any atom is 0.147 e. The Labute approximate surface area is 323 Å². The molecule has 9 aromatic carbocycles. The summed E-state index contributed by atoms with van der Waals surface area (Å²) in [5.74, 6) is 0.943. The highest BCUT2D eigenvalue weighted by Crippen LogP contribution is 2.47. The smallest absolute Gasteiger partial charge is 0.147 e. The van der Waals surface area contributed by atoms with Crippen LogP contribution in [-0.4, -0.2) is 9.55 Å². The average molecular weight is 719 g/mol. The van der Waals surface area contributed by atoms with Gasteiger partial charge < -0.3 is 0 Å². The van der Waals surface area contributed by atoms with E-state index in [0.29, 0.717) is 0 Å². The number of thiophene rings is 1. The zero-order chi connectivity index (χ0) is 36.5. The third kappa shape index (κ3) is 5.05. The molecule has 0 aliphatic rings. The summed E-state index contributed by atoms with van der Waals surface area (Å²) in [6.45, 7) is 2.24. The predicted molar refractivity (Wildman–Crippen MR) is 235 cm³/mol. The summed E-state index contributed by atoms with van der Waals surface area (Å²) in [6, 6.07) is 68.2. The van der Waals surface area contributed by atoms with Gasteiger partial charge in [-0.2, -0.15) is 0 Å². The van der Waals surface area contributed by atoms with Crippen molar-refractivity contribution in [3.8, 4) is 50.5 Å². The van der Waals surface area contributed by atoms with Crippen LogP contribution in [-0.2, 0) is 0 Å². The van der Waals surface area contributed by atoms with Gasteiger partial charge >= 0.3 is 0 Å². The Hall–Kier alpha value is -6.81. The average Bonchev–Trinajstić information content (AvgIpc) is 3.85. The molecular weight excluding hydrogens is 685 g/mol. The van der Waals surface area contributed by atoms with Gasteiger partial charge in [0.15, 0.2) is 0 Å². The molecule has 2 aromatic heterocycles. The highest BCUT2D eigenvalue weighted by atomic mass is 32.1. The zero-order valence-corrected chi connectivity index (χ0v) is 31.0. The topological polar surface area (TPSA) is 17.8 Å². The molecule has 0 amide bonds. The normalized spacial score (nSPS) is 11.7. The summed E-state index contributed by atoms with van der Waals surface area (Å²) < 4.78 is 5.01. The number of nitrogens with zero attached hydrogens (tertiary/aromatic N) is 2. The van der Waals surface area contributed by atoms with Crippen molar-refractivity contribution in [2.75, 3.05) is 0 Å². The van der Waals surface area contributed by atoms with Crippen molar-refractivity contribution in [2.24, 2.45) is 0 Å². The molecule has 0 saturated heterocycles. The standard InChI is InChI=1S/C52H34N2S/c1-33-25-28-45(51-48(33)44-30-27-38(32-47(44)55-51)35-17-7-3-8-18-35)52-53-49-42-23-13-11-21-40(42)41-22-12-14-24-43(41)50(49)54(52)46-31-37(34-15-5-2-6-16-34)26-29-39(46)36-19-9-4-10-20-36/h2-32H,1H3. The lowest BCUT2D eigenvalue weighted by Crippen LogP contribution is -2.02. The Kier molecular flexibility index (Phi) is 7.29. The van der Waals surface area contributed by atoms with Crippen molar-refractivity contribution in [3.63, 3.8) is 0 Å². The summed E-state index contributed by atoms with van der Waals surface area (Å²) in [4.78, 5) is 5.76. The molecule has 0 radical (unpaired) electrons. The van der Waals surface area contributed by atoms with Gasteiger partial charge in [-0.25, -0.2) is 4.98 Å². The van der Waals surface area contributed by atoms with E-state index in [4.69, 9.17) is 4.98 Å². The van der Waals surface area contributed by atoms with Crippen molar-refractivity contribution >= 4 is 64.1 Å². The lowest BCUT2D eigenvalue weighted by molar-refractivity contribution is 1.11. The van der Waals surface area contributed by atoms with Gasteiger partial charge in [0, 0.05) is 42.1 Å². The molecule has 2 heterocycles. The molecule has 0 atom stereocenters. The second-order valence-corrected chi connectivity index (χ2v) is 15.4. The monoisotopic (exact) mass is 718 g/mol. The summed E-state index contributed by atoms with van der Waals surface area (Å²) in [7, 11) is 0. The van der Waals surface area contributed by atoms with Crippen molar-refractivity contribution < 1.29 is 0 Å². The highest BCUT2D eigenvalue weighted by molar-refractivity contribution is 7.26. The Morgan fingerprint density at radius 1 is 0.436 bits per heavy atom. The second kappa shape index (κ2) is 12.7. The van der Waals surface area contributed by atoms with E-state index < -0.39 is 0 Å². The van der Waals surface area contributed by atoms with Gasteiger partial charge in [-0.3, -0.25) is 4.57 Å². The molecule has 0 saturated carbocycles. The first-order chi connectivity index (χ1) is 27.2. The lowest BCUT2D eigenvalue weighted by Gasteiger charge is -2.18. The third-order valence-corrected chi connectivity index (χ3v) is 12.3. The number of imidazole rings is 1. The maximum atomic E-state index is 5.76. The molecule has 11 rings (SSSR count). The van der Waals surface area contributed by atoms with Crippen LogP contribution in [0.2, 0.25) is 0 Å². The molecule has 0 bridgehead atoms. The van der Waals surface area contributed by atoms with Crippen LogP contribution in [0, 0.1) is 6.92 Å². The van der Waals surface area contributed by atoms with E-state index in [0.717, 1.165) is 44.6 Å². The van der Waals surface area contributed by atoms with Gasteiger partial charge in [0.25, 0.3) is 0 Å². The molecule has 2 nitrogen and oxygen atoms in total. The first-order valence-corrected chi connectivity index (χ1v) is 19.6. The summed E-state index contributed by atoms with van der Waals surface area (Å²) in [5, 5.41) is 7.37. The highest BCUT2D eigenvalue weighted by Gasteiger charge is 2.25. The minimum absolute atomic E-state index is 0.943. The van der Waals surface area contributed by atoms with Gasteiger partial charge in [-0.1, -0.05) is 170 Å². The molecule has 0 unspecified atom stereocenters.